The third-order valence-corrected chi connectivity index (χ3v) is 2.20. The van der Waals surface area contributed by atoms with E-state index in [1.807, 2.05) is 35.6 Å². The average Bonchev–Trinajstić information content (AvgIpc) is 2.25. The zero-order valence-electron chi connectivity index (χ0n) is 8.68. The molecule has 1 atom stereocenters. The molecule has 0 spiro atoms. The highest BCUT2D eigenvalue weighted by Crippen LogP contribution is 2.04. The summed E-state index contributed by atoms with van der Waals surface area (Å²) in [6.07, 6.45) is -0.584. The minimum atomic E-state index is -1.49. The highest BCUT2D eigenvalue weighted by molar-refractivity contribution is 5.83. The van der Waals surface area contributed by atoms with Gasteiger partial charge < -0.3 is 21.0 Å². The van der Waals surface area contributed by atoms with Crippen LogP contribution < -0.4 is 16.2 Å². The minimum absolute atomic E-state index is 0.327. The van der Waals surface area contributed by atoms with Gasteiger partial charge in [-0.25, -0.2) is 0 Å². The van der Waals surface area contributed by atoms with Crippen LogP contribution in [-0.2, 0) is 11.2 Å². The summed E-state index contributed by atoms with van der Waals surface area (Å²) >= 11 is 0. The molecular weight excluding hydrogens is 208 g/mol. The molecule has 2 amide bonds. The van der Waals surface area contributed by atoms with E-state index in [0.29, 0.717) is 12.8 Å². The van der Waals surface area contributed by atoms with Gasteiger partial charge in [0, 0.05) is 0 Å². The highest BCUT2D eigenvalue weighted by atomic mass is 16.4. The van der Waals surface area contributed by atoms with Crippen LogP contribution in [0, 0.1) is 0 Å². The Kier molecular flexibility index (Phi) is 4.32. The molecule has 3 N–H and O–H groups in total. The molecule has 0 heterocycles. The van der Waals surface area contributed by atoms with Gasteiger partial charge in [0.2, 0.25) is 5.91 Å². The third kappa shape index (κ3) is 4.00. The first-order valence-corrected chi connectivity index (χ1v) is 4.90. The van der Waals surface area contributed by atoms with Gasteiger partial charge in [-0.15, -0.1) is 0 Å². The second-order valence-electron chi connectivity index (χ2n) is 3.41. The molecule has 1 rings (SSSR count). The molecule has 5 nitrogen and oxygen atoms in total. The molecule has 0 saturated carbocycles. The molecule has 0 aliphatic rings. The number of rotatable bonds is 5. The summed E-state index contributed by atoms with van der Waals surface area (Å²) in [5.74, 6) is -0.694. The Labute approximate surface area is 93.3 Å². The number of carboxylic acid groups (broad SMARTS) is 1. The Morgan fingerprint density at radius 1 is 1.31 bits per heavy atom. The van der Waals surface area contributed by atoms with Gasteiger partial charge in [0.25, 0.3) is 0 Å². The van der Waals surface area contributed by atoms with Crippen LogP contribution in [0.5, 0.6) is 0 Å². The molecule has 16 heavy (non-hydrogen) atoms. The number of carbonyl (C=O) groups excluding carboxylic acids is 2. The lowest BCUT2D eigenvalue weighted by molar-refractivity contribution is -0.251. The molecule has 1 aromatic carbocycles. The van der Waals surface area contributed by atoms with Crippen molar-refractivity contribution in [2.75, 3.05) is 0 Å². The van der Waals surface area contributed by atoms with Gasteiger partial charge in [0.15, 0.2) is 0 Å². The van der Waals surface area contributed by atoms with Crippen LogP contribution in [0.4, 0.5) is 4.79 Å². The first kappa shape index (κ1) is 12.0. The zero-order valence-corrected chi connectivity index (χ0v) is 8.68. The van der Waals surface area contributed by atoms with E-state index >= 15 is 0 Å². The fraction of sp³-hybridized carbons (Fsp3) is 0.273. The van der Waals surface area contributed by atoms with Crippen molar-refractivity contribution in [2.45, 2.75) is 18.9 Å². The van der Waals surface area contributed by atoms with Crippen molar-refractivity contribution in [1.82, 2.24) is 5.32 Å². The zero-order chi connectivity index (χ0) is 12.0. The lowest BCUT2D eigenvalue weighted by Gasteiger charge is -2.16. The Hall–Kier alpha value is -2.04. The van der Waals surface area contributed by atoms with E-state index in [1.54, 1.807) is 0 Å². The van der Waals surface area contributed by atoms with Crippen molar-refractivity contribution in [3.8, 4) is 0 Å². The SMILES string of the molecule is NC(=O)C(CCc1ccccc1)NC(=O)[O-]. The summed E-state index contributed by atoms with van der Waals surface area (Å²) in [5, 5.41) is 12.3. The molecular formula is C11H13N2O3-. The van der Waals surface area contributed by atoms with Gasteiger partial charge >= 0.3 is 0 Å². The Balaban J connectivity index is 2.50. The average molecular weight is 221 g/mol. The van der Waals surface area contributed by atoms with Crippen LogP contribution in [0.25, 0.3) is 0 Å². The van der Waals surface area contributed by atoms with E-state index in [4.69, 9.17) is 5.73 Å². The lowest BCUT2D eigenvalue weighted by atomic mass is 10.1. The van der Waals surface area contributed by atoms with Crippen molar-refractivity contribution in [3.05, 3.63) is 35.9 Å². The molecule has 0 bridgehead atoms. The molecule has 0 aliphatic heterocycles. The molecule has 0 saturated heterocycles. The fourth-order valence-corrected chi connectivity index (χ4v) is 1.38. The molecule has 86 valence electrons. The van der Waals surface area contributed by atoms with Gasteiger partial charge in [0.1, 0.15) is 12.1 Å². The predicted molar refractivity (Wildman–Crippen MR) is 56.3 cm³/mol. The van der Waals surface area contributed by atoms with E-state index in [-0.39, 0.29) is 0 Å². The number of aryl methyl sites for hydroxylation is 1. The lowest BCUT2D eigenvalue weighted by Crippen LogP contribution is -2.49. The Bertz CT molecular complexity index is 365. The van der Waals surface area contributed by atoms with E-state index in [1.165, 1.54) is 0 Å². The summed E-state index contributed by atoms with van der Waals surface area (Å²) in [5.41, 5.74) is 6.08. The number of benzene rings is 1. The van der Waals surface area contributed by atoms with Gasteiger partial charge in [-0.2, -0.15) is 0 Å². The normalized spacial score (nSPS) is 11.8. The molecule has 5 heteroatoms. The molecule has 1 unspecified atom stereocenters. The Morgan fingerprint density at radius 2 is 1.94 bits per heavy atom. The fourth-order valence-electron chi connectivity index (χ4n) is 1.38. The van der Waals surface area contributed by atoms with E-state index < -0.39 is 18.0 Å². The van der Waals surface area contributed by atoms with Crippen LogP contribution in [-0.4, -0.2) is 18.0 Å². The number of hydrogen-bond donors (Lipinski definition) is 2. The first-order chi connectivity index (χ1) is 7.59. The molecule has 0 aromatic heterocycles. The summed E-state index contributed by atoms with van der Waals surface area (Å²) in [4.78, 5) is 21.2. The van der Waals surface area contributed by atoms with Crippen LogP contribution >= 0.6 is 0 Å². The third-order valence-electron chi connectivity index (χ3n) is 2.20. The molecule has 0 radical (unpaired) electrons. The summed E-state index contributed by atoms with van der Waals surface area (Å²) < 4.78 is 0. The molecule has 0 aliphatic carbocycles. The van der Waals surface area contributed by atoms with Crippen molar-refractivity contribution in [1.29, 1.82) is 0 Å². The van der Waals surface area contributed by atoms with Gasteiger partial charge in [-0.3, -0.25) is 4.79 Å². The monoisotopic (exact) mass is 221 g/mol. The summed E-state index contributed by atoms with van der Waals surface area (Å²) in [6, 6.07) is 8.54. The van der Waals surface area contributed by atoms with Crippen molar-refractivity contribution < 1.29 is 14.7 Å². The van der Waals surface area contributed by atoms with Gasteiger partial charge in [0.05, 0.1) is 0 Å². The quantitative estimate of drug-likeness (QED) is 0.695. The highest BCUT2D eigenvalue weighted by Gasteiger charge is 2.14. The second-order valence-corrected chi connectivity index (χ2v) is 3.41. The van der Waals surface area contributed by atoms with Crippen LogP contribution in [0.3, 0.4) is 0 Å². The van der Waals surface area contributed by atoms with Crippen LogP contribution in [0.2, 0.25) is 0 Å². The maximum absolute atomic E-state index is 10.9. The number of nitrogens with two attached hydrogens (primary N) is 1. The van der Waals surface area contributed by atoms with Crippen molar-refractivity contribution >= 4 is 12.0 Å². The maximum atomic E-state index is 10.9. The number of primary amides is 1. The maximum Gasteiger partial charge on any atom is 0.239 e. The number of nitrogens with one attached hydrogen (secondary N) is 1. The van der Waals surface area contributed by atoms with Crippen LogP contribution in [0.1, 0.15) is 12.0 Å². The van der Waals surface area contributed by atoms with Crippen LogP contribution in [0.15, 0.2) is 30.3 Å². The first-order valence-electron chi connectivity index (χ1n) is 4.90. The Morgan fingerprint density at radius 3 is 2.44 bits per heavy atom. The standard InChI is InChI=1S/C11H14N2O3/c12-10(14)9(13-11(15)16)7-6-8-4-2-1-3-5-8/h1-5,9,13H,6-7H2,(H2,12,14)(H,15,16)/p-1. The largest absolute Gasteiger partial charge is 0.530 e. The van der Waals surface area contributed by atoms with E-state index in [0.717, 1.165) is 5.56 Å². The molecule has 0 fully saturated rings. The van der Waals surface area contributed by atoms with Gasteiger partial charge in [-0.05, 0) is 18.4 Å². The number of hydrogen-bond acceptors (Lipinski definition) is 3. The van der Waals surface area contributed by atoms with Gasteiger partial charge in [-0.1, -0.05) is 30.3 Å². The number of amides is 2. The van der Waals surface area contributed by atoms with Crippen molar-refractivity contribution in [3.63, 3.8) is 0 Å². The van der Waals surface area contributed by atoms with E-state index in [9.17, 15) is 14.7 Å². The van der Waals surface area contributed by atoms with Crippen molar-refractivity contribution in [2.24, 2.45) is 5.73 Å². The minimum Gasteiger partial charge on any atom is -0.530 e. The number of carbonyl (C=O) groups is 2. The second kappa shape index (κ2) is 5.75. The predicted octanol–water partition coefficient (Wildman–Crippen LogP) is -0.594. The topological polar surface area (TPSA) is 95.2 Å². The molecule has 1 aromatic rings. The summed E-state index contributed by atoms with van der Waals surface area (Å²) in [7, 11) is 0. The smallest absolute Gasteiger partial charge is 0.239 e. The summed E-state index contributed by atoms with van der Waals surface area (Å²) in [6.45, 7) is 0. The van der Waals surface area contributed by atoms with E-state index in [2.05, 4.69) is 0 Å².